The molecule has 1 N–H and O–H groups in total. The van der Waals surface area contributed by atoms with Crippen LogP contribution in [0.1, 0.15) is 19.3 Å². The average molecular weight is 212 g/mol. The number of hydrogen-bond donors (Lipinski definition) is 1. The lowest BCUT2D eigenvalue weighted by molar-refractivity contribution is -0.157. The molecule has 5 heteroatoms. The number of aliphatic carboxylic acids is 1. The maximum atomic E-state index is 11.2. The Labute approximate surface area is 88.6 Å². The zero-order valence-corrected chi connectivity index (χ0v) is 8.69. The first-order valence-corrected chi connectivity index (χ1v) is 5.45. The average Bonchev–Trinajstić information content (AvgIpc) is 2.15. The van der Waals surface area contributed by atoms with Gasteiger partial charge in [0.15, 0.2) is 0 Å². The summed E-state index contributed by atoms with van der Waals surface area (Å²) in [4.78, 5) is 25.4. The molecule has 1 saturated carbocycles. The lowest BCUT2D eigenvalue weighted by atomic mass is 9.91. The van der Waals surface area contributed by atoms with E-state index in [-0.39, 0.29) is 0 Å². The van der Waals surface area contributed by atoms with Gasteiger partial charge in [0.05, 0.1) is 0 Å². The third-order valence-electron chi connectivity index (χ3n) is 3.38. The predicted molar refractivity (Wildman–Crippen MR) is 53.4 cm³/mol. The fourth-order valence-electron chi connectivity index (χ4n) is 2.18. The van der Waals surface area contributed by atoms with E-state index in [1.165, 1.54) is 24.2 Å². The van der Waals surface area contributed by atoms with Crippen molar-refractivity contribution in [2.24, 2.45) is 0 Å². The summed E-state index contributed by atoms with van der Waals surface area (Å²) in [7, 11) is 0. The van der Waals surface area contributed by atoms with Crippen molar-refractivity contribution in [1.82, 2.24) is 9.80 Å². The van der Waals surface area contributed by atoms with E-state index in [0.29, 0.717) is 19.1 Å². The summed E-state index contributed by atoms with van der Waals surface area (Å²) >= 11 is 0. The first kappa shape index (κ1) is 10.4. The fourth-order valence-corrected chi connectivity index (χ4v) is 2.18. The number of carboxylic acid groups (broad SMARTS) is 1. The molecule has 84 valence electrons. The first-order chi connectivity index (χ1) is 7.18. The van der Waals surface area contributed by atoms with Crippen LogP contribution in [-0.2, 0) is 9.59 Å². The molecule has 0 aromatic carbocycles. The zero-order chi connectivity index (χ0) is 10.8. The van der Waals surface area contributed by atoms with Crippen LogP contribution in [0.5, 0.6) is 0 Å². The number of carboxylic acids is 1. The summed E-state index contributed by atoms with van der Waals surface area (Å²) in [5, 5.41) is 8.56. The Balaban J connectivity index is 1.81. The molecule has 2 fully saturated rings. The molecular weight excluding hydrogens is 196 g/mol. The Kier molecular flexibility index (Phi) is 2.90. The number of nitrogens with zero attached hydrogens (tertiary/aromatic N) is 2. The Morgan fingerprint density at radius 2 is 1.67 bits per heavy atom. The smallest absolute Gasteiger partial charge is 0.394 e. The highest BCUT2D eigenvalue weighted by Gasteiger charge is 2.30. The minimum absolute atomic E-state index is 0.557. The predicted octanol–water partition coefficient (Wildman–Crippen LogP) is -0.232. The minimum Gasteiger partial charge on any atom is -0.474 e. The number of carbonyl (C=O) groups is 2. The van der Waals surface area contributed by atoms with Crippen molar-refractivity contribution in [1.29, 1.82) is 0 Å². The van der Waals surface area contributed by atoms with Crippen LogP contribution in [0.3, 0.4) is 0 Å². The molecule has 2 aliphatic rings. The molecule has 0 radical (unpaired) electrons. The van der Waals surface area contributed by atoms with Crippen LogP contribution in [0.2, 0.25) is 0 Å². The number of piperazine rings is 1. The monoisotopic (exact) mass is 212 g/mol. The Morgan fingerprint density at radius 3 is 2.07 bits per heavy atom. The Morgan fingerprint density at radius 1 is 1.07 bits per heavy atom. The summed E-state index contributed by atoms with van der Waals surface area (Å²) in [6.07, 6.45) is 3.82. The van der Waals surface area contributed by atoms with Crippen molar-refractivity contribution in [2.45, 2.75) is 25.3 Å². The lowest BCUT2D eigenvalue weighted by Gasteiger charge is -2.42. The van der Waals surface area contributed by atoms with E-state index in [2.05, 4.69) is 4.90 Å². The standard InChI is InChI=1S/C10H16N2O3/c13-9(10(14)15)12-6-4-11(5-7-12)8-2-1-3-8/h8H,1-7H2,(H,14,15). The molecule has 1 saturated heterocycles. The van der Waals surface area contributed by atoms with Gasteiger partial charge in [-0.3, -0.25) is 9.69 Å². The van der Waals surface area contributed by atoms with Crippen LogP contribution in [0.15, 0.2) is 0 Å². The lowest BCUT2D eigenvalue weighted by Crippen LogP contribution is -2.54. The van der Waals surface area contributed by atoms with Crippen LogP contribution in [0.4, 0.5) is 0 Å². The van der Waals surface area contributed by atoms with Gasteiger partial charge in [0.1, 0.15) is 0 Å². The van der Waals surface area contributed by atoms with E-state index in [9.17, 15) is 9.59 Å². The number of rotatable bonds is 1. The number of carbonyl (C=O) groups excluding carboxylic acids is 1. The molecule has 0 unspecified atom stereocenters. The van der Waals surface area contributed by atoms with Crippen LogP contribution >= 0.6 is 0 Å². The summed E-state index contributed by atoms with van der Waals surface area (Å²) in [5.41, 5.74) is 0. The van der Waals surface area contributed by atoms with Gasteiger partial charge >= 0.3 is 11.9 Å². The van der Waals surface area contributed by atoms with E-state index in [1.807, 2.05) is 0 Å². The highest BCUT2D eigenvalue weighted by molar-refractivity contribution is 6.31. The molecule has 1 aliphatic heterocycles. The molecule has 0 atom stereocenters. The van der Waals surface area contributed by atoms with Crippen LogP contribution in [0.25, 0.3) is 0 Å². The molecule has 1 amide bonds. The van der Waals surface area contributed by atoms with Crippen LogP contribution < -0.4 is 0 Å². The van der Waals surface area contributed by atoms with Gasteiger partial charge in [0, 0.05) is 32.2 Å². The summed E-state index contributed by atoms with van der Waals surface area (Å²) in [5.74, 6) is -2.10. The van der Waals surface area contributed by atoms with Gasteiger partial charge in [-0.15, -0.1) is 0 Å². The minimum atomic E-state index is -1.34. The summed E-state index contributed by atoms with van der Waals surface area (Å²) in [6.45, 7) is 2.76. The van der Waals surface area contributed by atoms with Gasteiger partial charge < -0.3 is 10.0 Å². The van der Waals surface area contributed by atoms with E-state index >= 15 is 0 Å². The largest absolute Gasteiger partial charge is 0.474 e. The van der Waals surface area contributed by atoms with Gasteiger partial charge in [-0.2, -0.15) is 0 Å². The van der Waals surface area contributed by atoms with Crippen LogP contribution in [0, 0.1) is 0 Å². The van der Waals surface area contributed by atoms with Crippen molar-refractivity contribution in [3.05, 3.63) is 0 Å². The molecule has 0 aromatic heterocycles. The molecule has 0 aromatic rings. The second kappa shape index (κ2) is 4.18. The normalized spacial score (nSPS) is 23.6. The number of amides is 1. The molecule has 0 spiro atoms. The zero-order valence-electron chi connectivity index (χ0n) is 8.69. The van der Waals surface area contributed by atoms with E-state index in [1.54, 1.807) is 0 Å². The van der Waals surface area contributed by atoms with Crippen molar-refractivity contribution in [3.8, 4) is 0 Å². The van der Waals surface area contributed by atoms with Crippen molar-refractivity contribution >= 4 is 11.9 Å². The SMILES string of the molecule is O=C(O)C(=O)N1CCN(C2CCC2)CC1. The van der Waals surface area contributed by atoms with E-state index < -0.39 is 11.9 Å². The fraction of sp³-hybridized carbons (Fsp3) is 0.800. The molecule has 1 aliphatic carbocycles. The van der Waals surface area contributed by atoms with Crippen LogP contribution in [-0.4, -0.2) is 59.0 Å². The van der Waals surface area contributed by atoms with E-state index in [4.69, 9.17) is 5.11 Å². The maximum absolute atomic E-state index is 11.2. The molecular formula is C10H16N2O3. The van der Waals surface area contributed by atoms with Gasteiger partial charge in [0.2, 0.25) is 0 Å². The second-order valence-electron chi connectivity index (χ2n) is 4.22. The second-order valence-corrected chi connectivity index (χ2v) is 4.22. The van der Waals surface area contributed by atoms with Crippen molar-refractivity contribution in [3.63, 3.8) is 0 Å². The maximum Gasteiger partial charge on any atom is 0.394 e. The van der Waals surface area contributed by atoms with Crippen molar-refractivity contribution in [2.75, 3.05) is 26.2 Å². The summed E-state index contributed by atoms with van der Waals surface area (Å²) in [6, 6.07) is 0.687. The molecule has 0 bridgehead atoms. The third-order valence-corrected chi connectivity index (χ3v) is 3.38. The first-order valence-electron chi connectivity index (χ1n) is 5.45. The third kappa shape index (κ3) is 2.12. The van der Waals surface area contributed by atoms with Gasteiger partial charge in [-0.25, -0.2) is 4.79 Å². The molecule has 15 heavy (non-hydrogen) atoms. The Hall–Kier alpha value is -1.10. The van der Waals surface area contributed by atoms with Gasteiger partial charge in [-0.1, -0.05) is 6.42 Å². The topological polar surface area (TPSA) is 60.9 Å². The van der Waals surface area contributed by atoms with E-state index in [0.717, 1.165) is 13.1 Å². The van der Waals surface area contributed by atoms with Gasteiger partial charge in [0.25, 0.3) is 0 Å². The number of hydrogen-bond acceptors (Lipinski definition) is 3. The quantitative estimate of drug-likeness (QED) is 0.610. The Bertz CT molecular complexity index is 268. The molecule has 5 nitrogen and oxygen atoms in total. The highest BCUT2D eigenvalue weighted by atomic mass is 16.4. The molecule has 1 heterocycles. The van der Waals surface area contributed by atoms with Gasteiger partial charge in [-0.05, 0) is 12.8 Å². The highest BCUT2D eigenvalue weighted by Crippen LogP contribution is 2.25. The summed E-state index contributed by atoms with van der Waals surface area (Å²) < 4.78 is 0. The molecule has 2 rings (SSSR count). The van der Waals surface area contributed by atoms with Crippen molar-refractivity contribution < 1.29 is 14.7 Å².